The van der Waals surface area contributed by atoms with Crippen LogP contribution in [0.4, 0.5) is 5.69 Å². The number of hydrogen-bond donors (Lipinski definition) is 3. The molecular formula is C20H19NO2. The van der Waals surface area contributed by atoms with Gasteiger partial charge in [0.15, 0.2) is 0 Å². The first-order valence-electron chi connectivity index (χ1n) is 7.55. The fraction of sp³-hybridized carbons (Fsp3) is 0.100. The van der Waals surface area contributed by atoms with Crippen LogP contribution in [-0.2, 0) is 6.54 Å². The Kier molecular flexibility index (Phi) is 4.20. The predicted octanol–water partition coefficient (Wildman–Crippen LogP) is 4.69. The highest BCUT2D eigenvalue weighted by atomic mass is 16.3. The molecule has 3 rings (SSSR count). The van der Waals surface area contributed by atoms with Crippen LogP contribution in [0.25, 0.3) is 11.1 Å². The van der Waals surface area contributed by atoms with Gasteiger partial charge in [-0.3, -0.25) is 0 Å². The molecule has 3 N–H and O–H groups in total. The summed E-state index contributed by atoms with van der Waals surface area (Å²) < 4.78 is 0. The molecule has 116 valence electrons. The van der Waals surface area contributed by atoms with Crippen LogP contribution in [-0.4, -0.2) is 10.2 Å². The third kappa shape index (κ3) is 3.14. The van der Waals surface area contributed by atoms with Gasteiger partial charge >= 0.3 is 0 Å². The Morgan fingerprint density at radius 2 is 1.48 bits per heavy atom. The number of benzene rings is 3. The molecule has 23 heavy (non-hydrogen) atoms. The highest BCUT2D eigenvalue weighted by Gasteiger charge is 2.12. The number of rotatable bonds is 4. The standard InChI is InChI=1S/C20H19NO2/c1-14-7-6-8-15(13-21-17-10-3-5-12-19(17)23)20(14)16-9-2-4-11-18(16)22/h2-12,21-23H,13H2,1H3. The zero-order valence-electron chi connectivity index (χ0n) is 13.0. The fourth-order valence-electron chi connectivity index (χ4n) is 2.76. The Morgan fingerprint density at radius 3 is 2.22 bits per heavy atom. The van der Waals surface area contributed by atoms with Crippen molar-refractivity contribution in [3.63, 3.8) is 0 Å². The van der Waals surface area contributed by atoms with E-state index in [1.54, 1.807) is 18.2 Å². The van der Waals surface area contributed by atoms with Crippen molar-refractivity contribution in [3.05, 3.63) is 77.9 Å². The summed E-state index contributed by atoms with van der Waals surface area (Å²) in [7, 11) is 0. The summed E-state index contributed by atoms with van der Waals surface area (Å²) in [6.45, 7) is 2.59. The number of hydrogen-bond acceptors (Lipinski definition) is 3. The van der Waals surface area contributed by atoms with Crippen LogP contribution in [0.3, 0.4) is 0 Å². The molecule has 3 aromatic rings. The number of nitrogens with one attached hydrogen (secondary N) is 1. The summed E-state index contributed by atoms with van der Waals surface area (Å²) in [5.74, 6) is 0.495. The van der Waals surface area contributed by atoms with Gasteiger partial charge in [0, 0.05) is 12.1 Å². The first kappa shape index (κ1) is 15.0. The normalized spacial score (nSPS) is 10.5. The van der Waals surface area contributed by atoms with Crippen LogP contribution in [0, 0.1) is 6.92 Å². The monoisotopic (exact) mass is 305 g/mol. The maximum Gasteiger partial charge on any atom is 0.138 e. The van der Waals surface area contributed by atoms with Crippen LogP contribution < -0.4 is 5.32 Å². The Balaban J connectivity index is 1.96. The summed E-state index contributed by atoms with van der Waals surface area (Å²) in [4.78, 5) is 0. The minimum absolute atomic E-state index is 0.226. The summed E-state index contributed by atoms with van der Waals surface area (Å²) in [6.07, 6.45) is 0. The Bertz CT molecular complexity index is 827. The molecule has 0 spiro atoms. The number of aromatic hydroxyl groups is 2. The van der Waals surface area contributed by atoms with Crippen molar-refractivity contribution in [2.24, 2.45) is 0 Å². The number of phenols is 2. The third-order valence-electron chi connectivity index (χ3n) is 3.91. The molecule has 0 amide bonds. The van der Waals surface area contributed by atoms with Gasteiger partial charge in [-0.15, -0.1) is 0 Å². The minimum atomic E-state index is 0.226. The SMILES string of the molecule is Cc1cccc(CNc2ccccc2O)c1-c1ccccc1O. The van der Waals surface area contributed by atoms with Crippen molar-refractivity contribution in [1.29, 1.82) is 0 Å². The Hall–Kier alpha value is -2.94. The first-order chi connectivity index (χ1) is 11.2. The van der Waals surface area contributed by atoms with Crippen LogP contribution in [0.1, 0.15) is 11.1 Å². The van der Waals surface area contributed by atoms with Gasteiger partial charge in [0.05, 0.1) is 5.69 Å². The molecule has 0 aromatic heterocycles. The molecular weight excluding hydrogens is 286 g/mol. The maximum atomic E-state index is 10.2. The second-order valence-electron chi connectivity index (χ2n) is 5.50. The molecule has 0 saturated carbocycles. The number of aryl methyl sites for hydroxylation is 1. The molecule has 3 nitrogen and oxygen atoms in total. The van der Waals surface area contributed by atoms with Gasteiger partial charge in [-0.05, 0) is 41.8 Å². The quantitative estimate of drug-likeness (QED) is 0.613. The predicted molar refractivity (Wildman–Crippen MR) is 93.7 cm³/mol. The minimum Gasteiger partial charge on any atom is -0.507 e. The van der Waals surface area contributed by atoms with Crippen molar-refractivity contribution in [1.82, 2.24) is 0 Å². The zero-order valence-corrected chi connectivity index (χ0v) is 13.0. The molecule has 0 aliphatic rings. The largest absolute Gasteiger partial charge is 0.507 e. The molecule has 0 aliphatic carbocycles. The summed E-state index contributed by atoms with van der Waals surface area (Å²) in [6, 6.07) is 20.6. The van der Waals surface area contributed by atoms with Crippen molar-refractivity contribution < 1.29 is 10.2 Å². The van der Waals surface area contributed by atoms with E-state index < -0.39 is 0 Å². The lowest BCUT2D eigenvalue weighted by Crippen LogP contribution is -2.02. The Morgan fingerprint density at radius 1 is 0.783 bits per heavy atom. The van der Waals surface area contributed by atoms with Gasteiger partial charge in [0.25, 0.3) is 0 Å². The molecule has 0 bridgehead atoms. The summed E-state index contributed by atoms with van der Waals surface area (Å²) in [5.41, 5.74) is 4.70. The van der Waals surface area contributed by atoms with E-state index in [9.17, 15) is 10.2 Å². The average Bonchev–Trinajstić information content (AvgIpc) is 2.55. The van der Waals surface area contributed by atoms with Gasteiger partial charge in [0.2, 0.25) is 0 Å². The second kappa shape index (κ2) is 6.44. The fourth-order valence-corrected chi connectivity index (χ4v) is 2.76. The van der Waals surface area contributed by atoms with E-state index >= 15 is 0 Å². The first-order valence-corrected chi connectivity index (χ1v) is 7.55. The van der Waals surface area contributed by atoms with Crippen LogP contribution >= 0.6 is 0 Å². The van der Waals surface area contributed by atoms with Crippen LogP contribution in [0.15, 0.2) is 66.7 Å². The summed E-state index contributed by atoms with van der Waals surface area (Å²) >= 11 is 0. The van der Waals surface area contributed by atoms with Crippen molar-refractivity contribution in [3.8, 4) is 22.6 Å². The van der Waals surface area contributed by atoms with E-state index in [1.807, 2.05) is 55.5 Å². The summed E-state index contributed by atoms with van der Waals surface area (Å²) in [5, 5.41) is 23.3. The molecule has 0 atom stereocenters. The topological polar surface area (TPSA) is 52.5 Å². The van der Waals surface area contributed by atoms with Gasteiger partial charge in [-0.1, -0.05) is 48.5 Å². The maximum absolute atomic E-state index is 10.2. The van der Waals surface area contributed by atoms with E-state index in [-0.39, 0.29) is 11.5 Å². The molecule has 0 radical (unpaired) electrons. The highest BCUT2D eigenvalue weighted by Crippen LogP contribution is 2.34. The number of para-hydroxylation sites is 3. The van der Waals surface area contributed by atoms with Gasteiger partial charge in [-0.2, -0.15) is 0 Å². The van der Waals surface area contributed by atoms with Crippen LogP contribution in [0.2, 0.25) is 0 Å². The van der Waals surface area contributed by atoms with E-state index in [0.717, 1.165) is 22.3 Å². The van der Waals surface area contributed by atoms with Crippen LogP contribution in [0.5, 0.6) is 11.5 Å². The lowest BCUT2D eigenvalue weighted by molar-refractivity contribution is 0.476. The van der Waals surface area contributed by atoms with E-state index in [1.165, 1.54) is 0 Å². The third-order valence-corrected chi connectivity index (χ3v) is 3.91. The smallest absolute Gasteiger partial charge is 0.138 e. The second-order valence-corrected chi connectivity index (χ2v) is 5.50. The number of anilines is 1. The highest BCUT2D eigenvalue weighted by molar-refractivity contribution is 5.76. The van der Waals surface area contributed by atoms with Crippen molar-refractivity contribution in [2.45, 2.75) is 13.5 Å². The molecule has 0 aliphatic heterocycles. The van der Waals surface area contributed by atoms with E-state index in [2.05, 4.69) is 5.32 Å². The van der Waals surface area contributed by atoms with Crippen molar-refractivity contribution >= 4 is 5.69 Å². The molecule has 3 heteroatoms. The average molecular weight is 305 g/mol. The molecule has 0 fully saturated rings. The Labute approximate surface area is 135 Å². The van der Waals surface area contributed by atoms with E-state index in [0.29, 0.717) is 12.2 Å². The van der Waals surface area contributed by atoms with Gasteiger partial charge in [0.1, 0.15) is 11.5 Å². The van der Waals surface area contributed by atoms with Gasteiger partial charge in [-0.25, -0.2) is 0 Å². The molecule has 3 aromatic carbocycles. The molecule has 0 heterocycles. The van der Waals surface area contributed by atoms with E-state index in [4.69, 9.17) is 0 Å². The molecule has 0 unspecified atom stereocenters. The van der Waals surface area contributed by atoms with Gasteiger partial charge < -0.3 is 15.5 Å². The molecule has 0 saturated heterocycles. The van der Waals surface area contributed by atoms with Crippen molar-refractivity contribution in [2.75, 3.05) is 5.32 Å². The number of phenolic OH excluding ortho intramolecular Hbond substituents is 2. The lowest BCUT2D eigenvalue weighted by Gasteiger charge is -2.16. The zero-order chi connectivity index (χ0) is 16.2. The lowest BCUT2D eigenvalue weighted by atomic mass is 9.94.